The van der Waals surface area contributed by atoms with E-state index in [1.807, 2.05) is 13.0 Å². The van der Waals surface area contributed by atoms with E-state index in [9.17, 15) is 15.0 Å². The Hall–Kier alpha value is -1.73. The van der Waals surface area contributed by atoms with Gasteiger partial charge in [0, 0.05) is 5.57 Å². The molecule has 1 aliphatic rings. The smallest absolute Gasteiger partial charge is 0.333 e. The second-order valence-corrected chi connectivity index (χ2v) is 8.39. The molecule has 1 fully saturated rings. The number of esters is 1. The van der Waals surface area contributed by atoms with Crippen molar-refractivity contribution in [3.05, 3.63) is 46.6 Å². The Kier molecular flexibility index (Phi) is 12.6. The van der Waals surface area contributed by atoms with Crippen molar-refractivity contribution in [2.24, 2.45) is 0 Å². The van der Waals surface area contributed by atoms with Crippen LogP contribution in [0.4, 0.5) is 0 Å². The van der Waals surface area contributed by atoms with Gasteiger partial charge in [-0.25, -0.2) is 4.79 Å². The summed E-state index contributed by atoms with van der Waals surface area (Å²) in [7, 11) is 0. The van der Waals surface area contributed by atoms with Gasteiger partial charge in [0.2, 0.25) is 0 Å². The van der Waals surface area contributed by atoms with E-state index in [4.69, 9.17) is 14.2 Å². The van der Waals surface area contributed by atoms with Gasteiger partial charge in [0.15, 0.2) is 12.4 Å². The summed E-state index contributed by atoms with van der Waals surface area (Å²) < 4.78 is 16.3. The molecule has 6 nitrogen and oxygen atoms in total. The van der Waals surface area contributed by atoms with Crippen molar-refractivity contribution in [2.75, 3.05) is 13.2 Å². The molecule has 1 heterocycles. The molecule has 0 saturated carbocycles. The number of hydrogen-bond donors (Lipinski definition) is 2. The molecular formula is C25H40O6. The van der Waals surface area contributed by atoms with Gasteiger partial charge in [-0.1, -0.05) is 41.0 Å². The Morgan fingerprint density at radius 1 is 1.00 bits per heavy atom. The van der Waals surface area contributed by atoms with E-state index in [-0.39, 0.29) is 13.2 Å². The largest absolute Gasteiger partial charge is 0.453 e. The molecule has 1 aliphatic heterocycles. The number of hydrogen-bond acceptors (Lipinski definition) is 6. The Balaban J connectivity index is 2.46. The van der Waals surface area contributed by atoms with Crippen molar-refractivity contribution in [3.8, 4) is 0 Å². The van der Waals surface area contributed by atoms with Crippen molar-refractivity contribution in [3.63, 3.8) is 0 Å². The van der Waals surface area contributed by atoms with Crippen LogP contribution in [0.1, 0.15) is 67.2 Å². The zero-order chi connectivity index (χ0) is 23.4. The molecule has 31 heavy (non-hydrogen) atoms. The van der Waals surface area contributed by atoms with Crippen LogP contribution in [0.2, 0.25) is 0 Å². The predicted molar refractivity (Wildman–Crippen MR) is 122 cm³/mol. The van der Waals surface area contributed by atoms with Crippen LogP contribution < -0.4 is 0 Å². The molecule has 1 rings (SSSR count). The lowest BCUT2D eigenvalue weighted by Crippen LogP contribution is -2.55. The maximum atomic E-state index is 12.0. The fraction of sp³-hybridized carbons (Fsp3) is 0.640. The van der Waals surface area contributed by atoms with E-state index in [2.05, 4.69) is 32.9 Å². The third kappa shape index (κ3) is 10.4. The molecule has 0 aliphatic carbocycles. The van der Waals surface area contributed by atoms with Gasteiger partial charge in [0.05, 0.1) is 13.2 Å². The number of carbonyl (C=O) groups excluding carboxylic acids is 1. The number of ether oxygens (including phenoxy) is 3. The van der Waals surface area contributed by atoms with Crippen LogP contribution in [-0.4, -0.2) is 54.0 Å². The van der Waals surface area contributed by atoms with Crippen molar-refractivity contribution in [1.82, 2.24) is 0 Å². The van der Waals surface area contributed by atoms with Gasteiger partial charge in [-0.05, 0) is 67.2 Å². The fourth-order valence-corrected chi connectivity index (χ4v) is 3.02. The number of allylic oxidation sites excluding steroid dienone is 6. The van der Waals surface area contributed by atoms with Gasteiger partial charge in [0.1, 0.15) is 12.2 Å². The maximum absolute atomic E-state index is 12.0. The Morgan fingerprint density at radius 2 is 1.61 bits per heavy atom. The minimum Gasteiger partial charge on any atom is -0.453 e. The first kappa shape index (κ1) is 27.3. The normalized spacial score (nSPS) is 25.4. The van der Waals surface area contributed by atoms with E-state index in [1.54, 1.807) is 19.9 Å². The second-order valence-electron chi connectivity index (χ2n) is 8.39. The van der Waals surface area contributed by atoms with Crippen LogP contribution >= 0.6 is 0 Å². The Bertz CT molecular complexity index is 684. The van der Waals surface area contributed by atoms with Gasteiger partial charge in [-0.2, -0.15) is 0 Å². The van der Waals surface area contributed by atoms with Crippen molar-refractivity contribution in [1.29, 1.82) is 0 Å². The molecule has 1 saturated heterocycles. The standard InChI is InChI=1S/C25H40O6/c1-7-20(6)24(28)31-23-21(26)16-30-25(22(23)27)29-15-14-19(5)13-9-12-18(4)11-8-10-17(2)3/h7,10,12,14,21-23,25-27H,8-9,11,13,15-16H2,1-6H3/t21-,22-,23+,25-/m1/s1. The zero-order valence-corrected chi connectivity index (χ0v) is 19.9. The Morgan fingerprint density at radius 3 is 2.23 bits per heavy atom. The average molecular weight is 437 g/mol. The lowest BCUT2D eigenvalue weighted by Gasteiger charge is -2.37. The van der Waals surface area contributed by atoms with Crippen molar-refractivity contribution >= 4 is 5.97 Å². The van der Waals surface area contributed by atoms with Crippen LogP contribution in [0.15, 0.2) is 46.6 Å². The van der Waals surface area contributed by atoms with E-state index < -0.39 is 30.6 Å². The zero-order valence-electron chi connectivity index (χ0n) is 19.9. The van der Waals surface area contributed by atoms with E-state index in [0.29, 0.717) is 5.57 Å². The molecule has 4 atom stereocenters. The van der Waals surface area contributed by atoms with Gasteiger partial charge < -0.3 is 24.4 Å². The summed E-state index contributed by atoms with van der Waals surface area (Å²) in [5, 5.41) is 20.5. The van der Waals surface area contributed by atoms with Crippen LogP contribution in [0.3, 0.4) is 0 Å². The fourth-order valence-electron chi connectivity index (χ4n) is 3.02. The van der Waals surface area contributed by atoms with Gasteiger partial charge in [-0.15, -0.1) is 0 Å². The van der Waals surface area contributed by atoms with Crippen LogP contribution in [0.5, 0.6) is 0 Å². The van der Waals surface area contributed by atoms with Crippen LogP contribution in [0, 0.1) is 0 Å². The molecule has 0 amide bonds. The summed E-state index contributed by atoms with van der Waals surface area (Å²) in [6.07, 6.45) is 7.74. The van der Waals surface area contributed by atoms with Gasteiger partial charge in [0.25, 0.3) is 0 Å². The van der Waals surface area contributed by atoms with E-state index in [0.717, 1.165) is 25.7 Å². The number of aliphatic hydroxyl groups is 2. The molecule has 0 unspecified atom stereocenters. The number of carbonyl (C=O) groups is 1. The summed E-state index contributed by atoms with van der Waals surface area (Å²) in [6, 6.07) is 0. The van der Waals surface area contributed by atoms with Crippen LogP contribution in [0.25, 0.3) is 0 Å². The third-order valence-electron chi connectivity index (χ3n) is 5.24. The SMILES string of the molecule is CC=C(C)C(=O)O[C@@H]1[C@@H](O)[C@H](OCC=C(C)CCC=C(C)CCC=C(C)C)OC[C@H]1O. The summed E-state index contributed by atoms with van der Waals surface area (Å²) in [5.41, 5.74) is 4.34. The highest BCUT2D eigenvalue weighted by atomic mass is 16.7. The molecule has 2 N–H and O–H groups in total. The molecule has 0 aromatic heterocycles. The first-order valence-electron chi connectivity index (χ1n) is 11.0. The second kappa shape index (κ2) is 14.4. The number of aliphatic hydroxyl groups excluding tert-OH is 2. The maximum Gasteiger partial charge on any atom is 0.333 e. The summed E-state index contributed by atoms with van der Waals surface area (Å²) >= 11 is 0. The molecule has 0 aromatic carbocycles. The molecule has 0 radical (unpaired) electrons. The summed E-state index contributed by atoms with van der Waals surface area (Å²) in [5.74, 6) is -0.578. The lowest BCUT2D eigenvalue weighted by atomic mass is 10.0. The summed E-state index contributed by atoms with van der Waals surface area (Å²) in [6.45, 7) is 12.0. The average Bonchev–Trinajstić information content (AvgIpc) is 2.71. The molecule has 0 bridgehead atoms. The van der Waals surface area contributed by atoms with Gasteiger partial charge in [-0.3, -0.25) is 0 Å². The van der Waals surface area contributed by atoms with Crippen molar-refractivity contribution in [2.45, 2.75) is 91.8 Å². The topological polar surface area (TPSA) is 85.2 Å². The predicted octanol–water partition coefficient (Wildman–Crippen LogP) is 4.38. The molecule has 0 spiro atoms. The molecule has 0 aromatic rings. The highest BCUT2D eigenvalue weighted by molar-refractivity contribution is 5.87. The monoisotopic (exact) mass is 436 g/mol. The molecule has 6 heteroatoms. The minimum absolute atomic E-state index is 0.0753. The minimum atomic E-state index is -1.27. The number of rotatable bonds is 11. The van der Waals surface area contributed by atoms with E-state index in [1.165, 1.54) is 16.7 Å². The molecule has 176 valence electrons. The lowest BCUT2D eigenvalue weighted by molar-refractivity contribution is -0.270. The Labute approximate surface area is 187 Å². The first-order valence-corrected chi connectivity index (χ1v) is 11.0. The highest BCUT2D eigenvalue weighted by Crippen LogP contribution is 2.21. The van der Waals surface area contributed by atoms with Crippen LogP contribution in [-0.2, 0) is 19.0 Å². The van der Waals surface area contributed by atoms with Crippen molar-refractivity contribution < 1.29 is 29.2 Å². The first-order chi connectivity index (χ1) is 14.6. The van der Waals surface area contributed by atoms with E-state index >= 15 is 0 Å². The quantitative estimate of drug-likeness (QED) is 0.284. The molecular weight excluding hydrogens is 396 g/mol. The summed E-state index contributed by atoms with van der Waals surface area (Å²) in [4.78, 5) is 12.0. The van der Waals surface area contributed by atoms with Gasteiger partial charge >= 0.3 is 5.97 Å². The third-order valence-corrected chi connectivity index (χ3v) is 5.24. The highest BCUT2D eigenvalue weighted by Gasteiger charge is 2.42.